The first-order valence-corrected chi connectivity index (χ1v) is 10.6. The SMILES string of the molecule is CC(C)c1ccc(/C=N\NC(=O)CCn2c3c(c4ccccc42)CCCC3)cc1. The second kappa shape index (κ2) is 8.64. The van der Waals surface area contributed by atoms with Crippen molar-refractivity contribution in [3.63, 3.8) is 0 Å². The summed E-state index contributed by atoms with van der Waals surface area (Å²) in [5.74, 6) is 0.457. The van der Waals surface area contributed by atoms with Crippen LogP contribution in [0, 0.1) is 0 Å². The predicted molar refractivity (Wildman–Crippen MR) is 119 cm³/mol. The fraction of sp³-hybridized carbons (Fsp3) is 0.360. The summed E-state index contributed by atoms with van der Waals surface area (Å²) in [4.78, 5) is 12.3. The largest absolute Gasteiger partial charge is 0.344 e. The van der Waals surface area contributed by atoms with Gasteiger partial charge in [0.15, 0.2) is 0 Å². The second-order valence-electron chi connectivity index (χ2n) is 8.17. The zero-order valence-corrected chi connectivity index (χ0v) is 17.3. The molecule has 4 rings (SSSR count). The first-order chi connectivity index (χ1) is 14.1. The van der Waals surface area contributed by atoms with Crippen LogP contribution in [0.15, 0.2) is 53.6 Å². The van der Waals surface area contributed by atoms with Crippen LogP contribution in [0.4, 0.5) is 0 Å². The summed E-state index contributed by atoms with van der Waals surface area (Å²) in [6.07, 6.45) is 6.87. The summed E-state index contributed by atoms with van der Waals surface area (Å²) in [5.41, 5.74) is 9.11. The molecule has 0 aliphatic heterocycles. The molecule has 1 aliphatic rings. The van der Waals surface area contributed by atoms with E-state index in [1.807, 2.05) is 12.1 Å². The highest BCUT2D eigenvalue weighted by molar-refractivity contribution is 5.86. The highest BCUT2D eigenvalue weighted by atomic mass is 16.2. The zero-order chi connectivity index (χ0) is 20.2. The summed E-state index contributed by atoms with van der Waals surface area (Å²) in [6, 6.07) is 16.8. The van der Waals surface area contributed by atoms with Gasteiger partial charge in [-0.3, -0.25) is 4.79 Å². The summed E-state index contributed by atoms with van der Waals surface area (Å²) >= 11 is 0. The number of fused-ring (bicyclic) bond motifs is 3. The van der Waals surface area contributed by atoms with E-state index in [2.05, 4.69) is 65.3 Å². The molecule has 3 aromatic rings. The average Bonchev–Trinajstić information content (AvgIpc) is 3.06. The smallest absolute Gasteiger partial charge is 0.241 e. The predicted octanol–water partition coefficient (Wildman–Crippen LogP) is 5.18. The van der Waals surface area contributed by atoms with Crippen molar-refractivity contribution in [2.24, 2.45) is 5.10 Å². The van der Waals surface area contributed by atoms with Crippen molar-refractivity contribution in [1.29, 1.82) is 0 Å². The number of amides is 1. The monoisotopic (exact) mass is 387 g/mol. The fourth-order valence-electron chi connectivity index (χ4n) is 4.26. The Morgan fingerprint density at radius 1 is 1.10 bits per heavy atom. The lowest BCUT2D eigenvalue weighted by Crippen LogP contribution is -2.20. The topological polar surface area (TPSA) is 46.4 Å². The van der Waals surface area contributed by atoms with E-state index in [4.69, 9.17) is 0 Å². The number of hydrogen-bond acceptors (Lipinski definition) is 2. The molecule has 0 fully saturated rings. The number of aromatic nitrogens is 1. The first-order valence-electron chi connectivity index (χ1n) is 10.6. The lowest BCUT2D eigenvalue weighted by atomic mass is 9.95. The molecule has 1 aliphatic carbocycles. The van der Waals surface area contributed by atoms with Gasteiger partial charge in [0.25, 0.3) is 0 Å². The van der Waals surface area contributed by atoms with Crippen LogP contribution in [-0.2, 0) is 24.2 Å². The van der Waals surface area contributed by atoms with Gasteiger partial charge in [0, 0.05) is 29.6 Å². The van der Waals surface area contributed by atoms with Gasteiger partial charge in [-0.2, -0.15) is 5.10 Å². The number of carbonyl (C=O) groups excluding carboxylic acids is 1. The molecular weight excluding hydrogens is 358 g/mol. The van der Waals surface area contributed by atoms with Crippen LogP contribution in [0.25, 0.3) is 10.9 Å². The molecule has 2 aromatic carbocycles. The number of carbonyl (C=O) groups is 1. The lowest BCUT2D eigenvalue weighted by Gasteiger charge is -2.15. The third kappa shape index (κ3) is 4.26. The number of rotatable bonds is 6. The normalized spacial score (nSPS) is 13.9. The lowest BCUT2D eigenvalue weighted by molar-refractivity contribution is -0.121. The molecule has 1 aromatic heterocycles. The number of nitrogens with one attached hydrogen (secondary N) is 1. The van der Waals surface area contributed by atoms with Crippen molar-refractivity contribution >= 4 is 23.0 Å². The van der Waals surface area contributed by atoms with E-state index in [0.717, 1.165) is 18.4 Å². The molecule has 0 radical (unpaired) electrons. The molecule has 4 heteroatoms. The van der Waals surface area contributed by atoms with E-state index in [-0.39, 0.29) is 5.91 Å². The summed E-state index contributed by atoms with van der Waals surface area (Å²) in [7, 11) is 0. The maximum atomic E-state index is 12.3. The van der Waals surface area contributed by atoms with Crippen LogP contribution in [-0.4, -0.2) is 16.7 Å². The Kier molecular flexibility index (Phi) is 5.79. The van der Waals surface area contributed by atoms with Crippen LogP contribution in [0.3, 0.4) is 0 Å². The minimum Gasteiger partial charge on any atom is -0.344 e. The Morgan fingerprint density at radius 2 is 1.86 bits per heavy atom. The molecule has 0 saturated heterocycles. The molecule has 0 unspecified atom stereocenters. The van der Waals surface area contributed by atoms with Crippen LogP contribution >= 0.6 is 0 Å². The van der Waals surface area contributed by atoms with Gasteiger partial charge in [0.2, 0.25) is 5.91 Å². The molecule has 29 heavy (non-hydrogen) atoms. The third-order valence-corrected chi connectivity index (χ3v) is 5.85. The van der Waals surface area contributed by atoms with Crippen LogP contribution in [0.2, 0.25) is 0 Å². The van der Waals surface area contributed by atoms with E-state index < -0.39 is 0 Å². The number of benzene rings is 2. The Labute approximate surface area is 172 Å². The highest BCUT2D eigenvalue weighted by Gasteiger charge is 2.19. The average molecular weight is 388 g/mol. The summed E-state index contributed by atoms with van der Waals surface area (Å²) in [5, 5.41) is 5.48. The van der Waals surface area contributed by atoms with Gasteiger partial charge < -0.3 is 4.57 Å². The molecule has 0 spiro atoms. The standard InChI is InChI=1S/C25H29N3O/c1-18(2)20-13-11-19(12-14-20)17-26-27-25(29)15-16-28-23-9-5-3-7-21(23)22-8-4-6-10-24(22)28/h3,5,7,9,11-14,17-18H,4,6,8,10,15-16H2,1-2H3,(H,27,29)/b26-17-. The van der Waals surface area contributed by atoms with Gasteiger partial charge in [-0.1, -0.05) is 56.3 Å². The zero-order valence-electron chi connectivity index (χ0n) is 17.3. The Morgan fingerprint density at radius 3 is 2.66 bits per heavy atom. The molecule has 1 heterocycles. The quantitative estimate of drug-likeness (QED) is 0.459. The van der Waals surface area contributed by atoms with E-state index in [1.54, 1.807) is 6.21 Å². The fourth-order valence-corrected chi connectivity index (χ4v) is 4.26. The van der Waals surface area contributed by atoms with Gasteiger partial charge in [0.05, 0.1) is 6.21 Å². The highest BCUT2D eigenvalue weighted by Crippen LogP contribution is 2.32. The molecule has 0 bridgehead atoms. The van der Waals surface area contributed by atoms with Gasteiger partial charge in [-0.15, -0.1) is 0 Å². The maximum Gasteiger partial charge on any atom is 0.241 e. The van der Waals surface area contributed by atoms with Crippen LogP contribution in [0.5, 0.6) is 0 Å². The Balaban J connectivity index is 1.39. The minimum atomic E-state index is -0.0533. The second-order valence-corrected chi connectivity index (χ2v) is 8.17. The summed E-state index contributed by atoms with van der Waals surface area (Å²) < 4.78 is 2.35. The molecule has 0 atom stereocenters. The minimum absolute atomic E-state index is 0.0533. The molecule has 150 valence electrons. The van der Waals surface area contributed by atoms with Crippen LogP contribution < -0.4 is 5.43 Å². The van der Waals surface area contributed by atoms with Crippen molar-refractivity contribution in [3.05, 3.63) is 70.9 Å². The van der Waals surface area contributed by atoms with E-state index in [1.165, 1.54) is 40.6 Å². The molecule has 4 nitrogen and oxygen atoms in total. The molecule has 0 saturated carbocycles. The molecule has 1 N–H and O–H groups in total. The number of hydrogen-bond donors (Lipinski definition) is 1. The Hall–Kier alpha value is -2.88. The van der Waals surface area contributed by atoms with E-state index in [9.17, 15) is 4.79 Å². The van der Waals surface area contributed by atoms with Crippen molar-refractivity contribution in [1.82, 2.24) is 9.99 Å². The molecule has 1 amide bonds. The van der Waals surface area contributed by atoms with Crippen LogP contribution in [0.1, 0.15) is 61.4 Å². The first kappa shape index (κ1) is 19.4. The number of aryl methyl sites for hydroxylation is 2. The third-order valence-electron chi connectivity index (χ3n) is 5.85. The van der Waals surface area contributed by atoms with E-state index >= 15 is 0 Å². The van der Waals surface area contributed by atoms with Gasteiger partial charge in [-0.25, -0.2) is 5.43 Å². The van der Waals surface area contributed by atoms with Crippen molar-refractivity contribution in [2.45, 2.75) is 58.4 Å². The van der Waals surface area contributed by atoms with E-state index in [0.29, 0.717) is 18.9 Å². The van der Waals surface area contributed by atoms with Crippen molar-refractivity contribution in [3.8, 4) is 0 Å². The van der Waals surface area contributed by atoms with Gasteiger partial charge >= 0.3 is 0 Å². The number of nitrogens with zero attached hydrogens (tertiary/aromatic N) is 2. The van der Waals surface area contributed by atoms with Crippen molar-refractivity contribution < 1.29 is 4.79 Å². The maximum absolute atomic E-state index is 12.3. The molecular formula is C25H29N3O. The van der Waals surface area contributed by atoms with Crippen molar-refractivity contribution in [2.75, 3.05) is 0 Å². The summed E-state index contributed by atoms with van der Waals surface area (Å²) in [6.45, 7) is 5.04. The van der Waals surface area contributed by atoms with Gasteiger partial charge in [-0.05, 0) is 54.4 Å². The number of hydrazone groups is 1. The Bertz CT molecular complexity index is 1030. The number of para-hydroxylation sites is 1. The van der Waals surface area contributed by atoms with Gasteiger partial charge in [0.1, 0.15) is 0 Å².